The van der Waals surface area contributed by atoms with E-state index in [-0.39, 0.29) is 5.56 Å². The lowest BCUT2D eigenvalue weighted by Crippen LogP contribution is -2.03. The van der Waals surface area contributed by atoms with Crippen LogP contribution in [0.4, 0.5) is 0 Å². The van der Waals surface area contributed by atoms with E-state index in [0.29, 0.717) is 16.8 Å². The lowest BCUT2D eigenvalue weighted by molar-refractivity contribution is 0.0599. The van der Waals surface area contributed by atoms with E-state index in [1.165, 1.54) is 30.0 Å². The molecule has 0 fully saturated rings. The Kier molecular flexibility index (Phi) is 2.55. The molecule has 0 saturated carbocycles. The molecule has 0 bridgehead atoms. The molecule has 2 rings (SSSR count). The summed E-state index contributed by atoms with van der Waals surface area (Å²) < 4.78 is 6.00. The van der Waals surface area contributed by atoms with Gasteiger partial charge < -0.3 is 9.84 Å². The second-order valence-corrected chi connectivity index (χ2v) is 3.50. The quantitative estimate of drug-likeness (QED) is 0.787. The molecule has 88 valence electrons. The van der Waals surface area contributed by atoms with Crippen LogP contribution in [0.3, 0.4) is 0 Å². The van der Waals surface area contributed by atoms with Crippen LogP contribution in [0.2, 0.25) is 0 Å². The van der Waals surface area contributed by atoms with Gasteiger partial charge in [0, 0.05) is 6.20 Å². The molecule has 6 nitrogen and oxygen atoms in total. The third kappa shape index (κ3) is 1.73. The number of hydrogen-bond donors (Lipinski definition) is 1. The number of nitrogens with zero attached hydrogens (tertiary/aromatic N) is 2. The van der Waals surface area contributed by atoms with Crippen molar-refractivity contribution in [3.63, 3.8) is 0 Å². The first-order valence-corrected chi connectivity index (χ1v) is 4.85. The number of carbonyl (C=O) groups excluding carboxylic acids is 1. The summed E-state index contributed by atoms with van der Waals surface area (Å²) in [4.78, 5) is 22.4. The topological polar surface area (TPSA) is 80.9 Å². The van der Waals surface area contributed by atoms with Gasteiger partial charge in [-0.1, -0.05) is 0 Å². The predicted octanol–water partition coefficient (Wildman–Crippen LogP) is 1.13. The molecule has 2 aromatic rings. The zero-order valence-corrected chi connectivity index (χ0v) is 9.30. The Morgan fingerprint density at radius 3 is 2.76 bits per heavy atom. The maximum Gasteiger partial charge on any atom is 0.339 e. The van der Waals surface area contributed by atoms with E-state index in [2.05, 4.69) is 9.84 Å². The van der Waals surface area contributed by atoms with Crippen LogP contribution in [0.25, 0.3) is 5.52 Å². The molecule has 17 heavy (non-hydrogen) atoms. The highest BCUT2D eigenvalue weighted by molar-refractivity contribution is 5.99. The molecule has 0 amide bonds. The molecule has 0 aromatic carbocycles. The summed E-state index contributed by atoms with van der Waals surface area (Å²) in [5, 5.41) is 13.1. The number of ether oxygens (including phenoxy) is 1. The Hall–Kier alpha value is -2.37. The fraction of sp³-hybridized carbons (Fsp3) is 0.182. The molecule has 0 saturated heterocycles. The van der Waals surface area contributed by atoms with Crippen molar-refractivity contribution in [3.05, 3.63) is 35.2 Å². The van der Waals surface area contributed by atoms with E-state index in [0.717, 1.165) is 0 Å². The molecular formula is C11H10N2O4. The predicted molar refractivity (Wildman–Crippen MR) is 58.2 cm³/mol. The minimum absolute atomic E-state index is 0.0933. The van der Waals surface area contributed by atoms with E-state index in [1.807, 2.05) is 0 Å². The van der Waals surface area contributed by atoms with Crippen LogP contribution in [0.1, 0.15) is 26.4 Å². The van der Waals surface area contributed by atoms with Crippen molar-refractivity contribution in [1.29, 1.82) is 0 Å². The van der Waals surface area contributed by atoms with Gasteiger partial charge in [0.1, 0.15) is 5.56 Å². The van der Waals surface area contributed by atoms with E-state index < -0.39 is 11.9 Å². The summed E-state index contributed by atoms with van der Waals surface area (Å²) >= 11 is 0. The van der Waals surface area contributed by atoms with Crippen LogP contribution in [-0.2, 0) is 4.74 Å². The van der Waals surface area contributed by atoms with Crippen molar-refractivity contribution in [2.24, 2.45) is 0 Å². The summed E-state index contributed by atoms with van der Waals surface area (Å²) in [7, 11) is 1.27. The average molecular weight is 234 g/mol. The minimum Gasteiger partial charge on any atom is -0.478 e. The number of pyridine rings is 1. The number of aryl methyl sites for hydroxylation is 1. The number of methoxy groups -OCH3 is 1. The van der Waals surface area contributed by atoms with Crippen LogP contribution in [0.5, 0.6) is 0 Å². The highest BCUT2D eigenvalue weighted by Gasteiger charge is 2.17. The number of rotatable bonds is 2. The number of esters is 1. The summed E-state index contributed by atoms with van der Waals surface area (Å²) in [5.74, 6) is -1.58. The van der Waals surface area contributed by atoms with Crippen molar-refractivity contribution in [2.75, 3.05) is 7.11 Å². The number of carboxylic acids is 1. The van der Waals surface area contributed by atoms with E-state index in [1.54, 1.807) is 6.92 Å². The van der Waals surface area contributed by atoms with Gasteiger partial charge in [-0.05, 0) is 19.1 Å². The Balaban J connectivity index is 2.70. The monoisotopic (exact) mass is 234 g/mol. The normalized spacial score (nSPS) is 10.5. The molecule has 0 spiro atoms. The van der Waals surface area contributed by atoms with E-state index >= 15 is 0 Å². The molecule has 1 N–H and O–H groups in total. The molecular weight excluding hydrogens is 224 g/mol. The van der Waals surface area contributed by atoms with Gasteiger partial charge in [-0.25, -0.2) is 14.1 Å². The number of aromatic nitrogens is 2. The lowest BCUT2D eigenvalue weighted by Gasteiger charge is -2.00. The number of aromatic carboxylic acids is 1. The third-order valence-corrected chi connectivity index (χ3v) is 2.44. The Bertz CT molecular complexity index is 615. The van der Waals surface area contributed by atoms with Crippen LogP contribution in [0, 0.1) is 6.92 Å². The summed E-state index contributed by atoms with van der Waals surface area (Å²) in [5.41, 5.74) is 1.16. The number of fused-ring (bicyclic) bond motifs is 1. The van der Waals surface area contributed by atoms with Crippen molar-refractivity contribution in [1.82, 2.24) is 9.61 Å². The fourth-order valence-corrected chi connectivity index (χ4v) is 1.67. The molecule has 0 radical (unpaired) electrons. The maximum absolute atomic E-state index is 11.3. The Morgan fingerprint density at radius 2 is 2.18 bits per heavy atom. The highest BCUT2D eigenvalue weighted by atomic mass is 16.5. The smallest absolute Gasteiger partial charge is 0.339 e. The van der Waals surface area contributed by atoms with Crippen LogP contribution in [-0.4, -0.2) is 33.8 Å². The van der Waals surface area contributed by atoms with Crippen LogP contribution < -0.4 is 0 Å². The van der Waals surface area contributed by atoms with Gasteiger partial charge in [-0.15, -0.1) is 0 Å². The lowest BCUT2D eigenvalue weighted by atomic mass is 10.1. The van der Waals surface area contributed by atoms with Crippen LogP contribution in [0.15, 0.2) is 18.3 Å². The van der Waals surface area contributed by atoms with Crippen LogP contribution >= 0.6 is 0 Å². The minimum atomic E-state index is -1.07. The second kappa shape index (κ2) is 3.89. The van der Waals surface area contributed by atoms with Crippen molar-refractivity contribution >= 4 is 17.5 Å². The first-order valence-electron chi connectivity index (χ1n) is 4.85. The SMILES string of the molecule is COC(=O)c1ccn2nc(C)c(C(=O)O)c2c1. The number of carbonyl (C=O) groups is 2. The Labute approximate surface area is 96.4 Å². The molecule has 0 unspecified atom stereocenters. The van der Waals surface area contributed by atoms with E-state index in [9.17, 15) is 9.59 Å². The van der Waals surface area contributed by atoms with Gasteiger partial charge in [0.15, 0.2) is 0 Å². The molecule has 0 aliphatic carbocycles. The van der Waals surface area contributed by atoms with Gasteiger partial charge in [0.05, 0.1) is 23.9 Å². The first-order chi connectivity index (χ1) is 8.04. The van der Waals surface area contributed by atoms with Gasteiger partial charge in [0.2, 0.25) is 0 Å². The summed E-state index contributed by atoms with van der Waals surface area (Å²) in [6, 6.07) is 2.98. The zero-order valence-electron chi connectivity index (χ0n) is 9.30. The number of hydrogen-bond acceptors (Lipinski definition) is 4. The number of carboxylic acid groups (broad SMARTS) is 1. The summed E-state index contributed by atoms with van der Waals surface area (Å²) in [6.07, 6.45) is 1.53. The molecule has 2 aromatic heterocycles. The average Bonchev–Trinajstić information content (AvgIpc) is 2.62. The van der Waals surface area contributed by atoms with E-state index in [4.69, 9.17) is 5.11 Å². The van der Waals surface area contributed by atoms with Gasteiger partial charge in [0.25, 0.3) is 0 Å². The zero-order chi connectivity index (χ0) is 12.6. The summed E-state index contributed by atoms with van der Waals surface area (Å²) in [6.45, 7) is 1.61. The molecule has 6 heteroatoms. The van der Waals surface area contributed by atoms with Crippen molar-refractivity contribution in [2.45, 2.75) is 6.92 Å². The first kappa shape index (κ1) is 11.1. The molecule has 0 aliphatic rings. The Morgan fingerprint density at radius 1 is 1.47 bits per heavy atom. The standard InChI is InChI=1S/C11H10N2O4/c1-6-9(10(14)15)8-5-7(11(16)17-2)3-4-13(8)12-6/h3-5H,1-2H3,(H,14,15). The largest absolute Gasteiger partial charge is 0.478 e. The molecule has 0 aliphatic heterocycles. The third-order valence-electron chi connectivity index (χ3n) is 2.44. The highest BCUT2D eigenvalue weighted by Crippen LogP contribution is 2.17. The van der Waals surface area contributed by atoms with Gasteiger partial charge >= 0.3 is 11.9 Å². The maximum atomic E-state index is 11.3. The second-order valence-electron chi connectivity index (χ2n) is 3.50. The molecule has 0 atom stereocenters. The fourth-order valence-electron chi connectivity index (χ4n) is 1.67. The van der Waals surface area contributed by atoms with Gasteiger partial charge in [-0.2, -0.15) is 5.10 Å². The van der Waals surface area contributed by atoms with Gasteiger partial charge in [-0.3, -0.25) is 0 Å². The van der Waals surface area contributed by atoms with Crippen molar-refractivity contribution in [3.8, 4) is 0 Å². The molecule has 2 heterocycles. The van der Waals surface area contributed by atoms with Crippen molar-refractivity contribution < 1.29 is 19.4 Å².